The molecule has 2 aromatic rings. The fourth-order valence-electron chi connectivity index (χ4n) is 2.57. The van der Waals surface area contributed by atoms with E-state index in [0.717, 1.165) is 5.01 Å². The van der Waals surface area contributed by atoms with Crippen molar-refractivity contribution < 1.29 is 19.4 Å². The van der Waals surface area contributed by atoms with Gasteiger partial charge < -0.3 is 15.2 Å². The number of nitrogens with one attached hydrogen (secondary N) is 1. The number of nitrogens with zero attached hydrogens (tertiary/aromatic N) is 2. The average molecular weight is 339 g/mol. The summed E-state index contributed by atoms with van der Waals surface area (Å²) in [5.41, 5.74) is -0.201. The van der Waals surface area contributed by atoms with Gasteiger partial charge in [-0.15, -0.1) is 5.01 Å². The van der Waals surface area contributed by atoms with Crippen molar-refractivity contribution in [1.29, 1.82) is 0 Å². The van der Waals surface area contributed by atoms with E-state index in [9.17, 15) is 14.7 Å². The van der Waals surface area contributed by atoms with Crippen LogP contribution >= 0.6 is 0 Å². The van der Waals surface area contributed by atoms with Crippen LogP contribution in [0.15, 0.2) is 53.6 Å². The van der Waals surface area contributed by atoms with Gasteiger partial charge in [-0.3, -0.25) is 4.79 Å². The highest BCUT2D eigenvalue weighted by molar-refractivity contribution is 6.07. The molecule has 0 bridgehead atoms. The number of hydrogen-bond acceptors (Lipinski definition) is 5. The Hall–Kier alpha value is -3.35. The summed E-state index contributed by atoms with van der Waals surface area (Å²) in [5, 5.41) is 17.1. The maximum atomic E-state index is 12.7. The van der Waals surface area contributed by atoms with Crippen molar-refractivity contribution in [3.8, 4) is 11.5 Å². The number of para-hydroxylation sites is 1. The normalized spacial score (nSPS) is 20.2. The summed E-state index contributed by atoms with van der Waals surface area (Å²) < 4.78 is 5.10. The van der Waals surface area contributed by atoms with Gasteiger partial charge in [0.15, 0.2) is 0 Å². The Morgan fingerprint density at radius 3 is 2.48 bits per heavy atom. The highest BCUT2D eigenvalue weighted by Gasteiger charge is 2.49. The summed E-state index contributed by atoms with van der Waals surface area (Å²) in [7, 11) is 1.55. The fraction of sp³-hybridized carbons (Fsp3) is 0.167. The Kier molecular flexibility index (Phi) is 4.14. The number of benzene rings is 2. The Bertz CT molecular complexity index is 848. The lowest BCUT2D eigenvalue weighted by Gasteiger charge is -2.21. The molecule has 2 N–H and O–H groups in total. The van der Waals surface area contributed by atoms with Gasteiger partial charge in [0, 0.05) is 5.56 Å². The summed E-state index contributed by atoms with van der Waals surface area (Å²) in [5.74, 6) is 0.157. The van der Waals surface area contributed by atoms with Crippen LogP contribution in [0.5, 0.6) is 11.5 Å². The summed E-state index contributed by atoms with van der Waals surface area (Å²) in [6.07, 6.45) is 1.27. The van der Waals surface area contributed by atoms with E-state index >= 15 is 0 Å². The van der Waals surface area contributed by atoms with Crippen molar-refractivity contribution in [3.63, 3.8) is 0 Å². The molecule has 0 aliphatic carbocycles. The van der Waals surface area contributed by atoms with Gasteiger partial charge >= 0.3 is 6.03 Å². The molecule has 0 radical (unpaired) electrons. The molecule has 0 saturated carbocycles. The number of phenols is 1. The summed E-state index contributed by atoms with van der Waals surface area (Å²) >= 11 is 0. The molecule has 1 unspecified atom stereocenters. The maximum absolute atomic E-state index is 12.7. The minimum Gasteiger partial charge on any atom is -0.507 e. The number of urea groups is 1. The van der Waals surface area contributed by atoms with E-state index in [1.807, 2.05) is 0 Å². The van der Waals surface area contributed by atoms with Crippen LogP contribution in [0.2, 0.25) is 0 Å². The topological polar surface area (TPSA) is 91.2 Å². The number of carbonyl (C=O) groups is 2. The smallest absolute Gasteiger partial charge is 0.346 e. The molecule has 7 nitrogen and oxygen atoms in total. The number of hydrogen-bond donors (Lipinski definition) is 2. The highest BCUT2D eigenvalue weighted by atomic mass is 16.5. The first-order valence-corrected chi connectivity index (χ1v) is 7.59. The number of methoxy groups -OCH3 is 1. The lowest BCUT2D eigenvalue weighted by Crippen LogP contribution is -2.40. The number of imide groups is 1. The van der Waals surface area contributed by atoms with E-state index in [1.54, 1.807) is 56.5 Å². The van der Waals surface area contributed by atoms with E-state index in [2.05, 4.69) is 10.4 Å². The Balaban J connectivity index is 1.87. The lowest BCUT2D eigenvalue weighted by atomic mass is 9.92. The van der Waals surface area contributed by atoms with Crippen LogP contribution in [-0.4, -0.2) is 35.4 Å². The first kappa shape index (κ1) is 16.5. The molecule has 1 heterocycles. The molecule has 3 amide bonds. The van der Waals surface area contributed by atoms with Crippen molar-refractivity contribution in [1.82, 2.24) is 10.3 Å². The first-order valence-electron chi connectivity index (χ1n) is 7.59. The molecule has 25 heavy (non-hydrogen) atoms. The van der Waals surface area contributed by atoms with E-state index in [-0.39, 0.29) is 5.75 Å². The SMILES string of the molecule is COc1ccc(C2(C)NC(=O)N(/N=C/c3ccccc3O)C2=O)cc1. The van der Waals surface area contributed by atoms with Gasteiger partial charge in [-0.05, 0) is 36.8 Å². The third kappa shape index (κ3) is 2.91. The van der Waals surface area contributed by atoms with Gasteiger partial charge in [0.05, 0.1) is 13.3 Å². The van der Waals surface area contributed by atoms with Crippen LogP contribution < -0.4 is 10.1 Å². The number of amides is 3. The van der Waals surface area contributed by atoms with Gasteiger partial charge in [0.1, 0.15) is 17.0 Å². The number of aromatic hydroxyl groups is 1. The van der Waals surface area contributed by atoms with Crippen LogP contribution in [0, 0.1) is 0 Å². The van der Waals surface area contributed by atoms with E-state index in [4.69, 9.17) is 4.74 Å². The quantitative estimate of drug-likeness (QED) is 0.660. The number of ether oxygens (including phenoxy) is 1. The van der Waals surface area contributed by atoms with Crippen LogP contribution in [0.3, 0.4) is 0 Å². The van der Waals surface area contributed by atoms with E-state index < -0.39 is 17.5 Å². The number of carbonyl (C=O) groups excluding carboxylic acids is 2. The Labute approximate surface area is 144 Å². The zero-order valence-corrected chi connectivity index (χ0v) is 13.8. The molecule has 128 valence electrons. The minimum atomic E-state index is -1.22. The molecule has 7 heteroatoms. The molecular weight excluding hydrogens is 322 g/mol. The second-order valence-electron chi connectivity index (χ2n) is 5.70. The Morgan fingerprint density at radius 2 is 1.84 bits per heavy atom. The fourth-order valence-corrected chi connectivity index (χ4v) is 2.57. The second kappa shape index (κ2) is 6.27. The van der Waals surface area contributed by atoms with Crippen molar-refractivity contribution in [3.05, 3.63) is 59.7 Å². The third-order valence-corrected chi connectivity index (χ3v) is 4.09. The molecule has 1 aliphatic heterocycles. The number of hydrazone groups is 1. The molecule has 1 aliphatic rings. The molecule has 0 spiro atoms. The van der Waals surface area contributed by atoms with E-state index in [0.29, 0.717) is 16.9 Å². The average Bonchev–Trinajstić information content (AvgIpc) is 2.84. The van der Waals surface area contributed by atoms with Gasteiger partial charge in [0.25, 0.3) is 5.91 Å². The molecule has 2 aromatic carbocycles. The predicted octanol–water partition coefficient (Wildman–Crippen LogP) is 2.20. The molecule has 3 rings (SSSR count). The van der Waals surface area contributed by atoms with Gasteiger partial charge in [-0.25, -0.2) is 4.79 Å². The van der Waals surface area contributed by atoms with Crippen LogP contribution in [-0.2, 0) is 10.3 Å². The van der Waals surface area contributed by atoms with Crippen LogP contribution in [0.25, 0.3) is 0 Å². The minimum absolute atomic E-state index is 0.0104. The third-order valence-electron chi connectivity index (χ3n) is 4.09. The van der Waals surface area contributed by atoms with Gasteiger partial charge in [0.2, 0.25) is 0 Å². The van der Waals surface area contributed by atoms with Crippen molar-refractivity contribution in [2.24, 2.45) is 5.10 Å². The van der Waals surface area contributed by atoms with Crippen LogP contribution in [0.1, 0.15) is 18.1 Å². The largest absolute Gasteiger partial charge is 0.507 e. The van der Waals surface area contributed by atoms with E-state index in [1.165, 1.54) is 12.3 Å². The first-order chi connectivity index (χ1) is 12.0. The molecule has 1 atom stereocenters. The van der Waals surface area contributed by atoms with Crippen molar-refractivity contribution in [2.75, 3.05) is 7.11 Å². The van der Waals surface area contributed by atoms with Gasteiger partial charge in [-0.1, -0.05) is 24.3 Å². The predicted molar refractivity (Wildman–Crippen MR) is 91.4 cm³/mol. The van der Waals surface area contributed by atoms with Crippen molar-refractivity contribution >= 4 is 18.2 Å². The molecule has 0 aromatic heterocycles. The summed E-state index contributed by atoms with van der Waals surface area (Å²) in [6.45, 7) is 1.62. The summed E-state index contributed by atoms with van der Waals surface area (Å²) in [6, 6.07) is 12.7. The molecule has 1 saturated heterocycles. The number of phenolic OH excluding ortho intramolecular Hbond substituents is 1. The zero-order chi connectivity index (χ0) is 18.0. The zero-order valence-electron chi connectivity index (χ0n) is 13.8. The lowest BCUT2D eigenvalue weighted by molar-refractivity contribution is -0.131. The summed E-state index contributed by atoms with van der Waals surface area (Å²) in [4.78, 5) is 24.9. The van der Waals surface area contributed by atoms with Crippen LogP contribution in [0.4, 0.5) is 4.79 Å². The van der Waals surface area contributed by atoms with Crippen molar-refractivity contribution in [2.45, 2.75) is 12.5 Å². The number of rotatable bonds is 4. The standard InChI is InChI=1S/C18H17N3O4/c1-18(13-7-9-14(25-2)10-8-13)16(23)21(17(24)20-18)19-11-12-5-3-4-6-15(12)22/h3-11,22H,1-2H3,(H,20,24)/b19-11+. The highest BCUT2D eigenvalue weighted by Crippen LogP contribution is 2.30. The Morgan fingerprint density at radius 1 is 1.16 bits per heavy atom. The monoisotopic (exact) mass is 339 g/mol. The molecular formula is C18H17N3O4. The van der Waals surface area contributed by atoms with Gasteiger partial charge in [-0.2, -0.15) is 5.10 Å². The molecule has 1 fully saturated rings. The second-order valence-corrected chi connectivity index (χ2v) is 5.70. The maximum Gasteiger partial charge on any atom is 0.346 e.